The van der Waals surface area contributed by atoms with Crippen LogP contribution in [-0.4, -0.2) is 22.9 Å². The molecule has 5 heteroatoms. The SMILES string of the molecule is Cc1cccc(-c2nc3cc4c(cc3n2CCCCN)OCO4)c1. The van der Waals surface area contributed by atoms with Crippen LogP contribution < -0.4 is 15.2 Å². The summed E-state index contributed by atoms with van der Waals surface area (Å²) in [6, 6.07) is 12.4. The normalized spacial score (nSPS) is 12.9. The fraction of sp³-hybridized carbons (Fsp3) is 0.316. The fourth-order valence-electron chi connectivity index (χ4n) is 3.16. The van der Waals surface area contributed by atoms with Crippen molar-refractivity contribution in [3.63, 3.8) is 0 Å². The molecule has 0 unspecified atom stereocenters. The van der Waals surface area contributed by atoms with E-state index in [0.29, 0.717) is 6.54 Å². The molecule has 0 saturated heterocycles. The number of hydrogen-bond acceptors (Lipinski definition) is 4. The molecule has 0 radical (unpaired) electrons. The van der Waals surface area contributed by atoms with Crippen molar-refractivity contribution in [2.75, 3.05) is 13.3 Å². The van der Waals surface area contributed by atoms with Gasteiger partial charge in [-0.15, -0.1) is 0 Å². The van der Waals surface area contributed by atoms with Gasteiger partial charge in [-0.25, -0.2) is 4.98 Å². The number of benzene rings is 2. The molecule has 5 nitrogen and oxygen atoms in total. The molecule has 3 aromatic rings. The summed E-state index contributed by atoms with van der Waals surface area (Å²) in [5.74, 6) is 2.54. The molecule has 0 atom stereocenters. The predicted molar refractivity (Wildman–Crippen MR) is 94.3 cm³/mol. The molecule has 0 amide bonds. The molecule has 0 fully saturated rings. The van der Waals surface area contributed by atoms with Gasteiger partial charge in [-0.1, -0.05) is 23.8 Å². The Morgan fingerprint density at radius 3 is 2.75 bits per heavy atom. The van der Waals surface area contributed by atoms with Crippen molar-refractivity contribution in [1.82, 2.24) is 9.55 Å². The van der Waals surface area contributed by atoms with Crippen LogP contribution in [0.3, 0.4) is 0 Å². The monoisotopic (exact) mass is 323 g/mol. The van der Waals surface area contributed by atoms with E-state index < -0.39 is 0 Å². The number of imidazole rings is 1. The molecule has 1 aliphatic heterocycles. The number of nitrogens with zero attached hydrogens (tertiary/aromatic N) is 2. The van der Waals surface area contributed by atoms with Crippen molar-refractivity contribution in [2.24, 2.45) is 5.73 Å². The predicted octanol–water partition coefficient (Wildman–Crippen LogP) is 3.48. The number of nitrogens with two attached hydrogens (primary N) is 1. The summed E-state index contributed by atoms with van der Waals surface area (Å²) in [5.41, 5.74) is 10.0. The zero-order chi connectivity index (χ0) is 16.5. The largest absolute Gasteiger partial charge is 0.454 e. The Morgan fingerprint density at radius 1 is 1.12 bits per heavy atom. The highest BCUT2D eigenvalue weighted by molar-refractivity contribution is 5.84. The maximum Gasteiger partial charge on any atom is 0.231 e. The summed E-state index contributed by atoms with van der Waals surface area (Å²) in [4.78, 5) is 4.88. The molecular weight excluding hydrogens is 302 g/mol. The quantitative estimate of drug-likeness (QED) is 0.730. The van der Waals surface area contributed by atoms with E-state index in [1.165, 1.54) is 5.56 Å². The second-order valence-corrected chi connectivity index (χ2v) is 6.15. The van der Waals surface area contributed by atoms with Gasteiger partial charge in [0.25, 0.3) is 0 Å². The minimum atomic E-state index is 0.278. The Hall–Kier alpha value is -2.53. The molecule has 2 heterocycles. The number of hydrogen-bond donors (Lipinski definition) is 1. The molecule has 0 aliphatic carbocycles. The van der Waals surface area contributed by atoms with Gasteiger partial charge in [-0.05, 0) is 32.4 Å². The number of rotatable bonds is 5. The van der Waals surface area contributed by atoms with Crippen LogP contribution in [0.4, 0.5) is 0 Å². The van der Waals surface area contributed by atoms with Crippen LogP contribution in [0.2, 0.25) is 0 Å². The summed E-state index contributed by atoms with van der Waals surface area (Å²) in [5, 5.41) is 0. The van der Waals surface area contributed by atoms with Crippen molar-refractivity contribution in [3.8, 4) is 22.9 Å². The lowest BCUT2D eigenvalue weighted by Gasteiger charge is -2.10. The maximum absolute atomic E-state index is 5.66. The van der Waals surface area contributed by atoms with E-state index >= 15 is 0 Å². The first kappa shape index (κ1) is 15.0. The van der Waals surface area contributed by atoms with E-state index in [-0.39, 0.29) is 6.79 Å². The van der Waals surface area contributed by atoms with Crippen LogP contribution >= 0.6 is 0 Å². The Morgan fingerprint density at radius 2 is 1.96 bits per heavy atom. The van der Waals surface area contributed by atoms with Crippen molar-refractivity contribution in [2.45, 2.75) is 26.3 Å². The van der Waals surface area contributed by atoms with E-state index in [1.807, 2.05) is 12.1 Å². The Labute approximate surface area is 141 Å². The first-order valence-electron chi connectivity index (χ1n) is 8.33. The zero-order valence-electron chi connectivity index (χ0n) is 13.8. The first-order valence-corrected chi connectivity index (χ1v) is 8.33. The molecule has 0 saturated carbocycles. The highest BCUT2D eigenvalue weighted by Gasteiger charge is 2.19. The summed E-state index contributed by atoms with van der Waals surface area (Å²) < 4.78 is 13.3. The van der Waals surface area contributed by atoms with Crippen LogP contribution in [0.25, 0.3) is 22.4 Å². The second-order valence-electron chi connectivity index (χ2n) is 6.15. The van der Waals surface area contributed by atoms with Gasteiger partial charge in [-0.2, -0.15) is 0 Å². The lowest BCUT2D eigenvalue weighted by atomic mass is 10.1. The van der Waals surface area contributed by atoms with Gasteiger partial charge < -0.3 is 19.8 Å². The van der Waals surface area contributed by atoms with E-state index in [0.717, 1.165) is 53.3 Å². The molecular formula is C19H21N3O2. The molecule has 1 aliphatic rings. The molecule has 0 spiro atoms. The van der Waals surface area contributed by atoms with Crippen molar-refractivity contribution in [1.29, 1.82) is 0 Å². The molecule has 124 valence electrons. The number of aromatic nitrogens is 2. The third-order valence-electron chi connectivity index (χ3n) is 4.35. The van der Waals surface area contributed by atoms with Gasteiger partial charge in [-0.3, -0.25) is 0 Å². The van der Waals surface area contributed by atoms with Crippen molar-refractivity contribution in [3.05, 3.63) is 42.0 Å². The smallest absolute Gasteiger partial charge is 0.231 e. The van der Waals surface area contributed by atoms with Crippen LogP contribution in [-0.2, 0) is 6.54 Å². The first-order chi connectivity index (χ1) is 11.8. The molecule has 1 aromatic heterocycles. The van der Waals surface area contributed by atoms with E-state index in [4.69, 9.17) is 20.2 Å². The van der Waals surface area contributed by atoms with Crippen molar-refractivity contribution < 1.29 is 9.47 Å². The number of unbranched alkanes of at least 4 members (excludes halogenated alkanes) is 1. The van der Waals surface area contributed by atoms with Gasteiger partial charge in [0.1, 0.15) is 5.82 Å². The minimum Gasteiger partial charge on any atom is -0.454 e. The highest BCUT2D eigenvalue weighted by atomic mass is 16.7. The summed E-state index contributed by atoms with van der Waals surface area (Å²) in [7, 11) is 0. The Bertz CT molecular complexity index is 886. The standard InChI is InChI=1S/C19H21N3O2/c1-13-5-4-6-14(9-13)19-21-15-10-17-18(24-12-23-17)11-16(15)22(19)8-3-2-7-20/h4-6,9-11H,2-3,7-8,12,20H2,1H3. The van der Waals surface area contributed by atoms with Gasteiger partial charge in [0.2, 0.25) is 6.79 Å². The molecule has 2 N–H and O–H groups in total. The minimum absolute atomic E-state index is 0.278. The van der Waals surface area contributed by atoms with Crippen LogP contribution in [0.5, 0.6) is 11.5 Å². The lowest BCUT2D eigenvalue weighted by Crippen LogP contribution is -2.04. The molecule has 0 bridgehead atoms. The van der Waals surface area contributed by atoms with Crippen LogP contribution in [0.1, 0.15) is 18.4 Å². The average molecular weight is 323 g/mol. The summed E-state index contributed by atoms with van der Waals surface area (Å²) >= 11 is 0. The molecule has 4 rings (SSSR count). The van der Waals surface area contributed by atoms with Crippen LogP contribution in [0, 0.1) is 6.92 Å². The Kier molecular flexibility index (Phi) is 3.86. The maximum atomic E-state index is 5.66. The van der Waals surface area contributed by atoms with Gasteiger partial charge in [0, 0.05) is 24.2 Å². The van der Waals surface area contributed by atoms with E-state index in [2.05, 4.69) is 35.8 Å². The fourth-order valence-corrected chi connectivity index (χ4v) is 3.16. The average Bonchev–Trinajstić information content (AvgIpc) is 3.17. The number of aryl methyl sites for hydroxylation is 2. The van der Waals surface area contributed by atoms with Gasteiger partial charge in [0.05, 0.1) is 11.0 Å². The van der Waals surface area contributed by atoms with E-state index in [9.17, 15) is 0 Å². The lowest BCUT2D eigenvalue weighted by molar-refractivity contribution is 0.174. The third-order valence-corrected chi connectivity index (χ3v) is 4.35. The number of fused-ring (bicyclic) bond motifs is 2. The van der Waals surface area contributed by atoms with Gasteiger partial charge in [0.15, 0.2) is 11.5 Å². The third kappa shape index (κ3) is 2.61. The second kappa shape index (κ2) is 6.17. The van der Waals surface area contributed by atoms with Crippen LogP contribution in [0.15, 0.2) is 36.4 Å². The highest BCUT2D eigenvalue weighted by Crippen LogP contribution is 2.37. The summed E-state index contributed by atoms with van der Waals surface area (Å²) in [6.45, 7) is 3.97. The van der Waals surface area contributed by atoms with E-state index in [1.54, 1.807) is 0 Å². The molecule has 2 aromatic carbocycles. The van der Waals surface area contributed by atoms with Crippen molar-refractivity contribution >= 4 is 11.0 Å². The number of ether oxygens (including phenoxy) is 2. The zero-order valence-corrected chi connectivity index (χ0v) is 13.8. The summed E-state index contributed by atoms with van der Waals surface area (Å²) in [6.07, 6.45) is 2.02. The Balaban J connectivity index is 1.86. The molecule has 24 heavy (non-hydrogen) atoms. The topological polar surface area (TPSA) is 62.3 Å². The van der Waals surface area contributed by atoms with Gasteiger partial charge >= 0.3 is 0 Å².